The highest BCUT2D eigenvalue weighted by Gasteiger charge is 2.18. The average Bonchev–Trinajstić information content (AvgIpc) is 3.08. The Balaban J connectivity index is 1.89. The Morgan fingerprint density at radius 2 is 1.56 bits per heavy atom. The maximum absolute atomic E-state index is 9.40. The lowest BCUT2D eigenvalue weighted by Gasteiger charge is -2.32. The van der Waals surface area contributed by atoms with E-state index in [0.717, 1.165) is 33.5 Å². The van der Waals surface area contributed by atoms with Crippen molar-refractivity contribution in [1.29, 1.82) is 5.26 Å². The average molecular weight is 375 g/mol. The third-order valence-corrected chi connectivity index (χ3v) is 8.11. The second kappa shape index (κ2) is 6.68. The summed E-state index contributed by atoms with van der Waals surface area (Å²) >= 11 is 0. The minimum Gasteiger partial charge on any atom is -0.452 e. The van der Waals surface area contributed by atoms with Crippen molar-refractivity contribution in [1.82, 2.24) is 0 Å². The number of furan rings is 1. The molecular weight excluding hydrogens is 352 g/mol. The fourth-order valence-electron chi connectivity index (χ4n) is 3.36. The highest BCUT2D eigenvalue weighted by Crippen LogP contribution is 2.52. The summed E-state index contributed by atoms with van der Waals surface area (Å²) in [6.07, 6.45) is 4.68. The number of hydrogen-bond donors (Lipinski definition) is 1. The van der Waals surface area contributed by atoms with Crippen LogP contribution < -0.4 is 5.32 Å². The van der Waals surface area contributed by atoms with Gasteiger partial charge in [-0.25, -0.2) is 10.0 Å². The molecule has 1 aromatic heterocycles. The first-order valence-electron chi connectivity index (χ1n) is 8.96. The van der Waals surface area contributed by atoms with Crippen molar-refractivity contribution in [2.75, 3.05) is 23.6 Å². The Kier molecular flexibility index (Phi) is 4.33. The van der Waals surface area contributed by atoms with Crippen LogP contribution in [0.15, 0.2) is 70.0 Å². The summed E-state index contributed by atoms with van der Waals surface area (Å²) in [6.45, 7) is 2.25. The quantitative estimate of drug-likeness (QED) is 0.435. The first-order chi connectivity index (χ1) is 13.0. The van der Waals surface area contributed by atoms with Crippen LogP contribution in [0.2, 0.25) is 0 Å². The third kappa shape index (κ3) is 2.94. The van der Waals surface area contributed by atoms with Gasteiger partial charge in [0.1, 0.15) is 6.07 Å². The molecule has 0 bridgehead atoms. The van der Waals surface area contributed by atoms with E-state index in [1.807, 2.05) is 30.3 Å². The lowest BCUT2D eigenvalue weighted by atomic mass is 10.1. The van der Waals surface area contributed by atoms with Crippen LogP contribution in [0.3, 0.4) is 0 Å². The molecule has 0 aliphatic rings. The molecule has 0 spiro atoms. The number of hydrogen-bond acceptors (Lipinski definition) is 3. The minimum absolute atomic E-state index is 0.562. The molecule has 0 amide bonds. The zero-order valence-electron chi connectivity index (χ0n) is 15.7. The number of para-hydroxylation sites is 3. The summed E-state index contributed by atoms with van der Waals surface area (Å²) in [5.74, 6) is 1.13. The van der Waals surface area contributed by atoms with Gasteiger partial charge < -0.3 is 9.73 Å². The highest BCUT2D eigenvalue weighted by atomic mass is 32.3. The topological polar surface area (TPSA) is 49.0 Å². The highest BCUT2D eigenvalue weighted by molar-refractivity contribution is 8.32. The molecular formula is C23H22N2OS. The predicted molar refractivity (Wildman–Crippen MR) is 116 cm³/mol. The molecule has 4 rings (SSSR count). The lowest BCUT2D eigenvalue weighted by molar-refractivity contribution is 0.669. The second-order valence-electron chi connectivity index (χ2n) is 7.03. The molecule has 0 saturated carbocycles. The number of nitriles is 1. The number of fused-ring (bicyclic) bond motifs is 3. The van der Waals surface area contributed by atoms with Crippen LogP contribution in [-0.2, 0) is 0 Å². The smallest absolute Gasteiger partial charge is 0.158 e. The van der Waals surface area contributed by atoms with Crippen molar-refractivity contribution in [3.05, 3.63) is 66.2 Å². The van der Waals surface area contributed by atoms with Crippen LogP contribution in [0.1, 0.15) is 12.5 Å². The number of anilines is 2. The Morgan fingerprint density at radius 1 is 0.889 bits per heavy atom. The summed E-state index contributed by atoms with van der Waals surface area (Å²) in [5.41, 5.74) is 4.04. The van der Waals surface area contributed by atoms with E-state index < -0.39 is 10.0 Å². The van der Waals surface area contributed by atoms with Crippen molar-refractivity contribution >= 4 is 43.3 Å². The Morgan fingerprint density at radius 3 is 2.30 bits per heavy atom. The summed E-state index contributed by atoms with van der Waals surface area (Å²) in [6, 6.07) is 22.5. The second-order valence-corrected chi connectivity index (χ2v) is 11.1. The SMILES string of the molecule is CCS(C)(C)c1ccccc1Nc1cccc2c1oc1c(C#N)cccc12. The Bertz CT molecular complexity index is 1180. The van der Waals surface area contributed by atoms with Crippen LogP contribution in [0.4, 0.5) is 11.4 Å². The van der Waals surface area contributed by atoms with E-state index >= 15 is 0 Å². The number of nitrogens with zero attached hydrogens (tertiary/aromatic N) is 1. The van der Waals surface area contributed by atoms with Gasteiger partial charge >= 0.3 is 0 Å². The maximum atomic E-state index is 9.40. The molecule has 0 unspecified atom stereocenters. The van der Waals surface area contributed by atoms with Gasteiger partial charge in [0.25, 0.3) is 0 Å². The van der Waals surface area contributed by atoms with Gasteiger partial charge in [-0.05, 0) is 42.5 Å². The lowest BCUT2D eigenvalue weighted by Crippen LogP contribution is -2.03. The van der Waals surface area contributed by atoms with Crippen molar-refractivity contribution < 1.29 is 4.42 Å². The Hall–Kier alpha value is -2.90. The largest absolute Gasteiger partial charge is 0.452 e. The summed E-state index contributed by atoms with van der Waals surface area (Å²) in [7, 11) is -0.874. The molecule has 0 aliphatic heterocycles. The number of rotatable bonds is 4. The molecule has 1 N–H and O–H groups in total. The summed E-state index contributed by atoms with van der Waals surface area (Å²) < 4.78 is 6.15. The van der Waals surface area contributed by atoms with Crippen LogP contribution in [0.5, 0.6) is 0 Å². The Labute approximate surface area is 160 Å². The van der Waals surface area contributed by atoms with Crippen LogP contribution in [-0.4, -0.2) is 18.3 Å². The first-order valence-corrected chi connectivity index (χ1v) is 11.6. The van der Waals surface area contributed by atoms with E-state index in [9.17, 15) is 5.26 Å². The monoisotopic (exact) mass is 374 g/mol. The summed E-state index contributed by atoms with van der Waals surface area (Å²) in [5, 5.41) is 15.0. The van der Waals surface area contributed by atoms with Gasteiger partial charge in [-0.1, -0.05) is 43.3 Å². The van der Waals surface area contributed by atoms with Gasteiger partial charge in [0.05, 0.1) is 16.9 Å². The van der Waals surface area contributed by atoms with E-state index in [4.69, 9.17) is 4.42 Å². The first kappa shape index (κ1) is 17.5. The van der Waals surface area contributed by atoms with Gasteiger partial charge in [-0.3, -0.25) is 0 Å². The van der Waals surface area contributed by atoms with E-state index in [-0.39, 0.29) is 0 Å². The van der Waals surface area contributed by atoms with Crippen LogP contribution >= 0.6 is 10.0 Å². The standard InChI is InChI=1S/C23H22N2OS/c1-4-27(2,3)21-14-6-5-12-19(21)25-20-13-8-11-18-17-10-7-9-16(15-24)22(17)26-23(18)20/h5-14,25H,4H2,1-3H3. The molecule has 3 nitrogen and oxygen atoms in total. The van der Waals surface area contributed by atoms with Gasteiger partial charge in [-0.2, -0.15) is 5.26 Å². The molecule has 0 saturated heterocycles. The van der Waals surface area contributed by atoms with Gasteiger partial charge in [-0.15, -0.1) is 0 Å². The van der Waals surface area contributed by atoms with Crippen LogP contribution in [0, 0.1) is 11.3 Å². The van der Waals surface area contributed by atoms with Gasteiger partial charge in [0, 0.05) is 15.7 Å². The van der Waals surface area contributed by atoms with E-state index in [2.05, 4.69) is 55.1 Å². The molecule has 0 atom stereocenters. The fraction of sp³-hybridized carbons (Fsp3) is 0.174. The molecule has 136 valence electrons. The van der Waals surface area contributed by atoms with Crippen molar-refractivity contribution in [2.24, 2.45) is 0 Å². The molecule has 0 radical (unpaired) electrons. The van der Waals surface area contributed by atoms with Gasteiger partial charge in [0.2, 0.25) is 0 Å². The molecule has 27 heavy (non-hydrogen) atoms. The zero-order valence-corrected chi connectivity index (χ0v) is 16.6. The maximum Gasteiger partial charge on any atom is 0.158 e. The molecule has 0 fully saturated rings. The van der Waals surface area contributed by atoms with Crippen molar-refractivity contribution in [3.63, 3.8) is 0 Å². The van der Waals surface area contributed by atoms with E-state index in [1.165, 1.54) is 4.90 Å². The number of benzene rings is 3. The summed E-state index contributed by atoms with van der Waals surface area (Å²) in [4.78, 5) is 1.36. The third-order valence-electron chi connectivity index (χ3n) is 5.12. The molecule has 0 aliphatic carbocycles. The normalized spacial score (nSPS) is 12.2. The molecule has 4 heteroatoms. The van der Waals surface area contributed by atoms with Crippen molar-refractivity contribution in [2.45, 2.75) is 11.8 Å². The molecule has 3 aromatic carbocycles. The van der Waals surface area contributed by atoms with Gasteiger partial charge in [0.15, 0.2) is 11.2 Å². The molecule has 4 aromatic rings. The predicted octanol–water partition coefficient (Wildman–Crippen LogP) is 6.64. The molecule has 1 heterocycles. The van der Waals surface area contributed by atoms with Crippen molar-refractivity contribution in [3.8, 4) is 6.07 Å². The van der Waals surface area contributed by atoms with Crippen LogP contribution in [0.25, 0.3) is 21.9 Å². The van der Waals surface area contributed by atoms with E-state index in [0.29, 0.717) is 11.1 Å². The van der Waals surface area contributed by atoms with E-state index in [1.54, 1.807) is 6.07 Å². The minimum atomic E-state index is -0.874. The zero-order chi connectivity index (χ0) is 19.0. The fourth-order valence-corrected chi connectivity index (χ4v) is 4.83. The number of nitrogens with one attached hydrogen (secondary N) is 1.